The largest absolute Gasteiger partial charge is 0.325 e. The molecular formula is C24H24N8O2S. The summed E-state index contributed by atoms with van der Waals surface area (Å²) >= 11 is 1.49. The van der Waals surface area contributed by atoms with Crippen molar-refractivity contribution in [3.05, 3.63) is 41.2 Å². The minimum atomic E-state index is -0.226. The van der Waals surface area contributed by atoms with Crippen LogP contribution >= 0.6 is 11.3 Å². The number of aromatic amines is 1. The average molecular weight is 489 g/mol. The lowest BCUT2D eigenvalue weighted by atomic mass is 10.1. The van der Waals surface area contributed by atoms with Gasteiger partial charge in [-0.3, -0.25) is 19.3 Å². The number of hydrogen-bond acceptors (Lipinski definition) is 7. The molecule has 0 bridgehead atoms. The fraction of sp³-hybridized carbons (Fsp3) is 0.375. The van der Waals surface area contributed by atoms with Gasteiger partial charge in [-0.15, -0.1) is 11.3 Å². The Morgan fingerprint density at radius 1 is 1.23 bits per heavy atom. The first kappa shape index (κ1) is 20.8. The summed E-state index contributed by atoms with van der Waals surface area (Å²) < 4.78 is 3.47. The number of anilines is 1. The Morgan fingerprint density at radius 2 is 2.11 bits per heavy atom. The van der Waals surface area contributed by atoms with E-state index in [1.165, 1.54) is 30.6 Å². The van der Waals surface area contributed by atoms with Gasteiger partial charge in [-0.1, -0.05) is 0 Å². The van der Waals surface area contributed by atoms with E-state index in [2.05, 4.69) is 30.4 Å². The molecule has 1 amide bonds. The minimum absolute atomic E-state index is 0.0447. The van der Waals surface area contributed by atoms with E-state index in [0.717, 1.165) is 34.9 Å². The highest BCUT2D eigenvalue weighted by Crippen LogP contribution is 2.52. The quantitative estimate of drug-likeness (QED) is 0.393. The standard InChI is InChI=1S/C24H24N8O2S/c1-30-11-14(9-26-30)17-12-32-23(35-17)19-21(29-32)20-16(28-22(19)34)8-15(10-25-20)27-18(33)2-6-31-7-5-24(13-31)3-4-24/h8-12H,2-7,13H2,1H3,(H,27,33)(H,28,34). The van der Waals surface area contributed by atoms with Gasteiger partial charge in [0.05, 0.1) is 28.5 Å². The third-order valence-corrected chi connectivity index (χ3v) is 8.45. The molecule has 2 fully saturated rings. The Labute approximate surface area is 203 Å². The fourth-order valence-corrected chi connectivity index (χ4v) is 6.25. The summed E-state index contributed by atoms with van der Waals surface area (Å²) in [5, 5.41) is 12.3. The summed E-state index contributed by atoms with van der Waals surface area (Å²) in [6.07, 6.45) is 11.6. The predicted octanol–water partition coefficient (Wildman–Crippen LogP) is 3.00. The van der Waals surface area contributed by atoms with E-state index in [-0.39, 0.29) is 11.5 Å². The second-order valence-electron chi connectivity index (χ2n) is 9.87. The maximum atomic E-state index is 13.0. The molecule has 11 heteroatoms. The Kier molecular flexibility index (Phi) is 4.43. The number of H-pyrrole nitrogens is 1. The van der Waals surface area contributed by atoms with E-state index >= 15 is 0 Å². The van der Waals surface area contributed by atoms with Crippen LogP contribution < -0.4 is 10.9 Å². The van der Waals surface area contributed by atoms with Crippen molar-refractivity contribution < 1.29 is 4.79 Å². The van der Waals surface area contributed by atoms with Gasteiger partial charge in [0.15, 0.2) is 0 Å². The maximum absolute atomic E-state index is 13.0. The smallest absolute Gasteiger partial charge is 0.261 e. The predicted molar refractivity (Wildman–Crippen MR) is 135 cm³/mol. The number of carbonyl (C=O) groups excluding carboxylic acids is 1. The number of aryl methyl sites for hydroxylation is 1. The Hall–Kier alpha value is -3.57. The van der Waals surface area contributed by atoms with Crippen molar-refractivity contribution in [2.75, 3.05) is 25.0 Å². The van der Waals surface area contributed by atoms with Gasteiger partial charge in [0.1, 0.15) is 21.3 Å². The molecule has 10 nitrogen and oxygen atoms in total. The Bertz CT molecular complexity index is 1690. The zero-order chi connectivity index (χ0) is 23.7. The molecule has 6 heterocycles. The monoisotopic (exact) mass is 488 g/mol. The molecule has 1 saturated carbocycles. The molecule has 35 heavy (non-hydrogen) atoms. The molecule has 2 aliphatic rings. The van der Waals surface area contributed by atoms with E-state index in [1.54, 1.807) is 27.7 Å². The van der Waals surface area contributed by atoms with Gasteiger partial charge in [-0.2, -0.15) is 10.2 Å². The molecule has 1 saturated heterocycles. The number of rotatable bonds is 5. The van der Waals surface area contributed by atoms with Gasteiger partial charge in [0.25, 0.3) is 5.56 Å². The van der Waals surface area contributed by atoms with E-state index in [4.69, 9.17) is 0 Å². The Balaban J connectivity index is 1.15. The highest BCUT2D eigenvalue weighted by atomic mass is 32.1. The summed E-state index contributed by atoms with van der Waals surface area (Å²) in [6, 6.07) is 1.75. The van der Waals surface area contributed by atoms with Gasteiger partial charge < -0.3 is 15.2 Å². The maximum Gasteiger partial charge on any atom is 0.261 e. The first-order valence-electron chi connectivity index (χ1n) is 11.8. The van der Waals surface area contributed by atoms with Crippen molar-refractivity contribution in [1.82, 2.24) is 34.3 Å². The third-order valence-electron chi connectivity index (χ3n) is 7.30. The SMILES string of the molecule is Cn1cc(-c2cn3nc4c5ncc(NC(=O)CCN6CCC7(CC7)C6)cc5[nH]c(=O)c4c3s2)cn1. The number of amides is 1. The summed E-state index contributed by atoms with van der Waals surface area (Å²) in [4.78, 5) is 37.2. The molecule has 0 unspecified atom stereocenters. The highest BCUT2D eigenvalue weighted by molar-refractivity contribution is 7.21. The lowest BCUT2D eigenvalue weighted by molar-refractivity contribution is -0.116. The van der Waals surface area contributed by atoms with Crippen LogP contribution in [0.1, 0.15) is 25.7 Å². The number of nitrogens with one attached hydrogen (secondary N) is 2. The third kappa shape index (κ3) is 3.53. The molecule has 7 rings (SSSR count). The summed E-state index contributed by atoms with van der Waals surface area (Å²) in [5.74, 6) is -0.0447. The van der Waals surface area contributed by atoms with Crippen LogP contribution in [0.2, 0.25) is 0 Å². The lowest BCUT2D eigenvalue weighted by Crippen LogP contribution is -2.26. The molecule has 0 radical (unpaired) electrons. The molecule has 5 aromatic rings. The van der Waals surface area contributed by atoms with E-state index in [0.29, 0.717) is 39.5 Å². The van der Waals surface area contributed by atoms with Crippen LogP contribution in [0.15, 0.2) is 35.6 Å². The number of hydrogen-bond donors (Lipinski definition) is 2. The lowest BCUT2D eigenvalue weighted by Gasteiger charge is -2.15. The van der Waals surface area contributed by atoms with Crippen molar-refractivity contribution in [1.29, 1.82) is 0 Å². The normalized spacial score (nSPS) is 17.3. The van der Waals surface area contributed by atoms with Crippen molar-refractivity contribution in [2.45, 2.75) is 25.7 Å². The fourth-order valence-electron chi connectivity index (χ4n) is 5.19. The number of pyridine rings is 2. The summed E-state index contributed by atoms with van der Waals surface area (Å²) in [7, 11) is 1.87. The van der Waals surface area contributed by atoms with Crippen LogP contribution in [-0.4, -0.2) is 59.8 Å². The van der Waals surface area contributed by atoms with Crippen LogP contribution in [0.4, 0.5) is 5.69 Å². The molecule has 178 valence electrons. The van der Waals surface area contributed by atoms with Crippen LogP contribution in [0, 0.1) is 5.41 Å². The number of likely N-dealkylation sites (tertiary alicyclic amines) is 1. The second-order valence-corrected chi connectivity index (χ2v) is 10.9. The van der Waals surface area contributed by atoms with Crippen molar-refractivity contribution in [3.8, 4) is 10.4 Å². The summed E-state index contributed by atoms with van der Waals surface area (Å²) in [6.45, 7) is 2.99. The van der Waals surface area contributed by atoms with E-state index in [9.17, 15) is 9.59 Å². The molecule has 5 aromatic heterocycles. The van der Waals surface area contributed by atoms with Gasteiger partial charge in [-0.25, -0.2) is 4.52 Å². The highest BCUT2D eigenvalue weighted by Gasteiger charge is 2.47. The van der Waals surface area contributed by atoms with E-state index in [1.807, 2.05) is 19.4 Å². The minimum Gasteiger partial charge on any atom is -0.325 e. The topological polar surface area (TPSA) is 113 Å². The number of aromatic nitrogens is 6. The Morgan fingerprint density at radius 3 is 2.89 bits per heavy atom. The zero-order valence-electron chi connectivity index (χ0n) is 19.2. The van der Waals surface area contributed by atoms with Crippen LogP contribution in [-0.2, 0) is 11.8 Å². The van der Waals surface area contributed by atoms with Crippen molar-refractivity contribution >= 4 is 49.7 Å². The first-order chi connectivity index (χ1) is 17.0. The number of carbonyl (C=O) groups is 1. The van der Waals surface area contributed by atoms with Gasteiger partial charge in [-0.05, 0) is 37.3 Å². The molecule has 0 aromatic carbocycles. The van der Waals surface area contributed by atoms with Gasteiger partial charge >= 0.3 is 0 Å². The molecule has 2 N–H and O–H groups in total. The van der Waals surface area contributed by atoms with Gasteiger partial charge in [0, 0.05) is 44.5 Å². The van der Waals surface area contributed by atoms with Crippen LogP contribution in [0.25, 0.3) is 37.2 Å². The molecule has 0 atom stereocenters. The molecular weight excluding hydrogens is 464 g/mol. The zero-order valence-corrected chi connectivity index (χ0v) is 20.1. The number of nitrogens with zero attached hydrogens (tertiary/aromatic N) is 6. The van der Waals surface area contributed by atoms with Crippen molar-refractivity contribution in [2.24, 2.45) is 12.5 Å². The second kappa shape index (κ2) is 7.46. The van der Waals surface area contributed by atoms with Crippen LogP contribution in [0.3, 0.4) is 0 Å². The number of fused-ring (bicyclic) bond motifs is 5. The van der Waals surface area contributed by atoms with Crippen molar-refractivity contribution in [3.63, 3.8) is 0 Å². The number of thiazole rings is 1. The van der Waals surface area contributed by atoms with Crippen LogP contribution in [0.5, 0.6) is 0 Å². The molecule has 1 spiro atoms. The van der Waals surface area contributed by atoms with Gasteiger partial charge in [0.2, 0.25) is 5.91 Å². The molecule has 1 aliphatic heterocycles. The summed E-state index contributed by atoms with van der Waals surface area (Å²) in [5.41, 5.74) is 3.58. The average Bonchev–Trinajstić information content (AvgIpc) is 3.20. The first-order valence-corrected chi connectivity index (χ1v) is 12.6. The molecule has 1 aliphatic carbocycles. The van der Waals surface area contributed by atoms with E-state index < -0.39 is 0 Å².